The predicted octanol–water partition coefficient (Wildman–Crippen LogP) is 3.34. The quantitative estimate of drug-likeness (QED) is 0.801. The highest BCUT2D eigenvalue weighted by Gasteiger charge is 2.45. The molecular weight excluding hydrogens is 358 g/mol. The average molecular weight is 384 g/mol. The second-order valence-corrected chi connectivity index (χ2v) is 8.65. The van der Waals surface area contributed by atoms with Gasteiger partial charge in [0.25, 0.3) is 5.91 Å². The minimum Gasteiger partial charge on any atom is -0.387 e. The first-order chi connectivity index (χ1) is 13.1. The number of carbonyl (C=O) groups excluding carboxylic acids is 1. The third-order valence-corrected chi connectivity index (χ3v) is 6.95. The Balaban J connectivity index is 1.51. The van der Waals surface area contributed by atoms with Crippen LogP contribution >= 0.6 is 11.8 Å². The van der Waals surface area contributed by atoms with Gasteiger partial charge in [0.05, 0.1) is 11.2 Å². The summed E-state index contributed by atoms with van der Waals surface area (Å²) in [6.45, 7) is 3.21. The highest BCUT2D eigenvalue weighted by molar-refractivity contribution is 8.00. The van der Waals surface area contributed by atoms with Gasteiger partial charge < -0.3 is 15.3 Å². The number of rotatable bonds is 6. The van der Waals surface area contributed by atoms with Gasteiger partial charge in [-0.15, -0.1) is 0 Å². The molecule has 1 saturated carbocycles. The maximum atomic E-state index is 13.2. The topological polar surface area (TPSA) is 65.5 Å². The second kappa shape index (κ2) is 7.52. The van der Waals surface area contributed by atoms with Crippen LogP contribution in [0.3, 0.4) is 0 Å². The fraction of sp³-hybridized carbons (Fsp3) is 0.429. The van der Waals surface area contributed by atoms with Crippen LogP contribution in [0.5, 0.6) is 0 Å². The summed E-state index contributed by atoms with van der Waals surface area (Å²) >= 11 is 1.80. The van der Waals surface area contributed by atoms with Crippen LogP contribution in [0.2, 0.25) is 0 Å². The van der Waals surface area contributed by atoms with Gasteiger partial charge in [0.2, 0.25) is 0 Å². The Kier molecular flexibility index (Phi) is 5.10. The zero-order valence-electron chi connectivity index (χ0n) is 15.5. The third-order valence-electron chi connectivity index (χ3n) is 5.54. The summed E-state index contributed by atoms with van der Waals surface area (Å²) in [5.41, 5.74) is 2.01. The van der Waals surface area contributed by atoms with Crippen molar-refractivity contribution in [1.82, 2.24) is 4.98 Å². The van der Waals surface area contributed by atoms with E-state index in [0.717, 1.165) is 30.7 Å². The number of nitrogens with one attached hydrogen (secondary N) is 1. The molecule has 1 aliphatic carbocycles. The molecule has 2 atom stereocenters. The summed E-state index contributed by atoms with van der Waals surface area (Å²) < 4.78 is 0. The van der Waals surface area contributed by atoms with Gasteiger partial charge >= 0.3 is 0 Å². The van der Waals surface area contributed by atoms with Crippen LogP contribution < -0.4 is 10.2 Å². The van der Waals surface area contributed by atoms with E-state index in [0.29, 0.717) is 24.5 Å². The van der Waals surface area contributed by atoms with Crippen molar-refractivity contribution in [2.75, 3.05) is 29.1 Å². The summed E-state index contributed by atoms with van der Waals surface area (Å²) in [5.74, 6) is 1.50. The zero-order valence-corrected chi connectivity index (χ0v) is 16.3. The van der Waals surface area contributed by atoms with Crippen molar-refractivity contribution in [2.24, 2.45) is 0 Å². The first kappa shape index (κ1) is 18.3. The Morgan fingerprint density at radius 2 is 2.22 bits per heavy atom. The SMILES string of the molecule is CCSC1CCC1(O)CNc1ncccc1C(=O)N1CCc2ccccc21. The molecule has 0 spiro atoms. The van der Waals surface area contributed by atoms with E-state index in [2.05, 4.69) is 23.3 Å². The van der Waals surface area contributed by atoms with Gasteiger partial charge in [-0.25, -0.2) is 4.98 Å². The molecule has 2 aromatic rings. The van der Waals surface area contributed by atoms with Crippen LogP contribution in [0.15, 0.2) is 42.6 Å². The number of hydrogen-bond acceptors (Lipinski definition) is 5. The first-order valence-electron chi connectivity index (χ1n) is 9.55. The Morgan fingerprint density at radius 1 is 1.37 bits per heavy atom. The van der Waals surface area contributed by atoms with Gasteiger partial charge in [-0.1, -0.05) is 25.1 Å². The van der Waals surface area contributed by atoms with E-state index in [1.54, 1.807) is 24.0 Å². The molecule has 0 saturated heterocycles. The molecule has 1 fully saturated rings. The molecule has 0 bridgehead atoms. The third kappa shape index (κ3) is 3.44. The number of fused-ring (bicyclic) bond motifs is 1. The van der Waals surface area contributed by atoms with Crippen molar-refractivity contribution in [3.05, 3.63) is 53.7 Å². The van der Waals surface area contributed by atoms with Crippen LogP contribution in [0.25, 0.3) is 0 Å². The lowest BCUT2D eigenvalue weighted by atomic mass is 9.79. The van der Waals surface area contributed by atoms with E-state index in [4.69, 9.17) is 0 Å². The van der Waals surface area contributed by atoms with Gasteiger partial charge in [-0.3, -0.25) is 4.79 Å². The highest BCUT2D eigenvalue weighted by Crippen LogP contribution is 2.41. The Morgan fingerprint density at radius 3 is 3.00 bits per heavy atom. The number of hydrogen-bond donors (Lipinski definition) is 2. The molecule has 1 aliphatic heterocycles. The Bertz CT molecular complexity index is 844. The molecule has 2 unspecified atom stereocenters. The van der Waals surface area contributed by atoms with E-state index in [1.165, 1.54) is 5.56 Å². The van der Waals surface area contributed by atoms with Crippen molar-refractivity contribution >= 4 is 29.2 Å². The van der Waals surface area contributed by atoms with Crippen LogP contribution in [-0.2, 0) is 6.42 Å². The highest BCUT2D eigenvalue weighted by atomic mass is 32.2. The molecule has 1 aromatic carbocycles. The molecule has 1 amide bonds. The number of anilines is 2. The maximum absolute atomic E-state index is 13.2. The van der Waals surface area contributed by atoms with E-state index in [-0.39, 0.29) is 11.2 Å². The van der Waals surface area contributed by atoms with Gasteiger partial charge in [-0.05, 0) is 48.8 Å². The van der Waals surface area contributed by atoms with Gasteiger partial charge in [0, 0.05) is 30.2 Å². The summed E-state index contributed by atoms with van der Waals surface area (Å²) in [7, 11) is 0. The number of pyridine rings is 1. The van der Waals surface area contributed by atoms with Crippen LogP contribution in [0, 0.1) is 0 Å². The van der Waals surface area contributed by atoms with E-state index >= 15 is 0 Å². The molecule has 5 nitrogen and oxygen atoms in total. The lowest BCUT2D eigenvalue weighted by Crippen LogP contribution is -2.54. The maximum Gasteiger partial charge on any atom is 0.262 e. The molecular formula is C21H25N3O2S. The number of nitrogens with zero attached hydrogens (tertiary/aromatic N) is 2. The second-order valence-electron chi connectivity index (χ2n) is 7.17. The zero-order chi connectivity index (χ0) is 18.9. The largest absolute Gasteiger partial charge is 0.387 e. The number of carbonyl (C=O) groups is 1. The van der Waals surface area contributed by atoms with Crippen molar-refractivity contribution in [3.8, 4) is 0 Å². The first-order valence-corrected chi connectivity index (χ1v) is 10.6. The standard InChI is InChI=1S/C21H25N3O2S/c1-2-27-18-9-11-21(18,26)14-23-19-16(7-5-12-22-19)20(25)24-13-10-15-6-3-4-8-17(15)24/h3-8,12,18,26H,2,9-11,13-14H2,1H3,(H,22,23). The normalized spacial score (nSPS) is 23.6. The van der Waals surface area contributed by atoms with E-state index in [1.807, 2.05) is 29.2 Å². The molecule has 1 aromatic heterocycles. The van der Waals surface area contributed by atoms with Gasteiger partial charge in [0.15, 0.2) is 0 Å². The molecule has 27 heavy (non-hydrogen) atoms. The average Bonchev–Trinajstić information content (AvgIpc) is 3.13. The lowest BCUT2D eigenvalue weighted by molar-refractivity contribution is -0.0120. The van der Waals surface area contributed by atoms with Crippen molar-refractivity contribution < 1.29 is 9.90 Å². The molecule has 0 radical (unpaired) electrons. The molecule has 4 rings (SSSR count). The number of thioether (sulfide) groups is 1. The molecule has 2 heterocycles. The minimum absolute atomic E-state index is 0.0457. The van der Waals surface area contributed by atoms with E-state index < -0.39 is 5.60 Å². The summed E-state index contributed by atoms with van der Waals surface area (Å²) in [6, 6.07) is 11.6. The molecule has 2 N–H and O–H groups in total. The van der Waals surface area contributed by atoms with Gasteiger partial charge in [-0.2, -0.15) is 11.8 Å². The van der Waals surface area contributed by atoms with Crippen molar-refractivity contribution in [1.29, 1.82) is 0 Å². The van der Waals surface area contributed by atoms with Crippen molar-refractivity contribution in [3.63, 3.8) is 0 Å². The van der Waals surface area contributed by atoms with Crippen molar-refractivity contribution in [2.45, 2.75) is 37.0 Å². The summed E-state index contributed by atoms with van der Waals surface area (Å²) in [6.07, 6.45) is 4.38. The van der Waals surface area contributed by atoms with E-state index in [9.17, 15) is 9.90 Å². The monoisotopic (exact) mass is 383 g/mol. The lowest BCUT2D eigenvalue weighted by Gasteiger charge is -2.45. The van der Waals surface area contributed by atoms with Crippen LogP contribution in [0.4, 0.5) is 11.5 Å². The number of benzene rings is 1. The number of amides is 1. The molecule has 6 heteroatoms. The smallest absolute Gasteiger partial charge is 0.262 e. The van der Waals surface area contributed by atoms with Crippen LogP contribution in [-0.4, -0.2) is 45.7 Å². The number of aromatic nitrogens is 1. The Labute approximate surface area is 164 Å². The predicted molar refractivity (Wildman–Crippen MR) is 111 cm³/mol. The molecule has 2 aliphatic rings. The minimum atomic E-state index is -0.723. The van der Waals surface area contributed by atoms with Crippen LogP contribution in [0.1, 0.15) is 35.7 Å². The Hall–Kier alpha value is -2.05. The fourth-order valence-corrected chi connectivity index (χ4v) is 5.09. The summed E-state index contributed by atoms with van der Waals surface area (Å²) in [4.78, 5) is 19.4. The fourth-order valence-electron chi connectivity index (χ4n) is 3.89. The molecule has 142 valence electrons. The summed E-state index contributed by atoms with van der Waals surface area (Å²) in [5, 5.41) is 14.3. The van der Waals surface area contributed by atoms with Gasteiger partial charge in [0.1, 0.15) is 5.82 Å². The number of aliphatic hydroxyl groups is 1. The number of para-hydroxylation sites is 1.